The second-order valence-electron chi connectivity index (χ2n) is 7.36. The van der Waals surface area contributed by atoms with Crippen LogP contribution in [0.1, 0.15) is 29.5 Å². The van der Waals surface area contributed by atoms with E-state index in [2.05, 4.69) is 4.90 Å². The minimum atomic E-state index is -4.36. The number of likely N-dealkylation sites (tertiary alicyclic amines) is 1. The van der Waals surface area contributed by atoms with E-state index in [0.29, 0.717) is 17.7 Å². The first-order valence-corrected chi connectivity index (χ1v) is 9.25. The lowest BCUT2D eigenvalue weighted by molar-refractivity contribution is -0.137. The quantitative estimate of drug-likeness (QED) is 0.762. The first-order chi connectivity index (χ1) is 13.2. The van der Waals surface area contributed by atoms with Gasteiger partial charge in [-0.25, -0.2) is 4.39 Å². The maximum absolute atomic E-state index is 13.8. The van der Waals surface area contributed by atoms with Gasteiger partial charge in [-0.1, -0.05) is 12.1 Å². The Kier molecular flexibility index (Phi) is 6.25. The van der Waals surface area contributed by atoms with Crippen LogP contribution < -0.4 is 10.5 Å². The third-order valence-electron chi connectivity index (χ3n) is 5.20. The van der Waals surface area contributed by atoms with Gasteiger partial charge in [0, 0.05) is 12.1 Å². The Morgan fingerprint density at radius 1 is 1.14 bits per heavy atom. The van der Waals surface area contributed by atoms with Gasteiger partial charge in [-0.3, -0.25) is 0 Å². The van der Waals surface area contributed by atoms with E-state index in [9.17, 15) is 17.6 Å². The molecule has 0 aromatic heterocycles. The Balaban J connectivity index is 1.70. The van der Waals surface area contributed by atoms with Gasteiger partial charge in [0.15, 0.2) is 0 Å². The van der Waals surface area contributed by atoms with Crippen LogP contribution in [0, 0.1) is 5.82 Å². The molecule has 152 valence electrons. The number of ether oxygens (including phenoxy) is 1. The number of likely N-dealkylation sites (N-methyl/N-ethyl adjacent to an activating group) is 1. The van der Waals surface area contributed by atoms with E-state index in [4.69, 9.17) is 10.5 Å². The largest absolute Gasteiger partial charge is 0.489 e. The van der Waals surface area contributed by atoms with Crippen molar-refractivity contribution in [3.05, 3.63) is 65.0 Å². The molecular weight excluding hydrogens is 372 g/mol. The lowest BCUT2D eigenvalue weighted by Crippen LogP contribution is -2.45. The highest BCUT2D eigenvalue weighted by molar-refractivity contribution is 5.35. The smallest absolute Gasteiger partial charge is 0.416 e. The second kappa shape index (κ2) is 8.49. The van der Waals surface area contributed by atoms with Crippen molar-refractivity contribution in [3.8, 4) is 5.75 Å². The summed E-state index contributed by atoms with van der Waals surface area (Å²) < 4.78 is 57.6. The number of rotatable bonds is 5. The van der Waals surface area contributed by atoms with Crippen molar-refractivity contribution in [2.45, 2.75) is 44.1 Å². The van der Waals surface area contributed by atoms with Crippen molar-refractivity contribution in [2.24, 2.45) is 5.73 Å². The molecule has 2 unspecified atom stereocenters. The van der Waals surface area contributed by atoms with Crippen LogP contribution in [-0.2, 0) is 19.2 Å². The van der Waals surface area contributed by atoms with E-state index in [-0.39, 0.29) is 24.5 Å². The number of benzene rings is 2. The molecule has 1 heterocycles. The molecular formula is C21H24F4N2O. The van der Waals surface area contributed by atoms with Crippen molar-refractivity contribution in [1.82, 2.24) is 4.90 Å². The van der Waals surface area contributed by atoms with E-state index in [1.165, 1.54) is 24.3 Å². The normalized spacial score (nSPS) is 20.9. The number of nitrogens with zero attached hydrogens (tertiary/aromatic N) is 1. The molecule has 1 aliphatic heterocycles. The molecule has 2 N–H and O–H groups in total. The van der Waals surface area contributed by atoms with Crippen LogP contribution in [0.25, 0.3) is 0 Å². The molecule has 0 radical (unpaired) electrons. The van der Waals surface area contributed by atoms with Crippen LogP contribution in [0.5, 0.6) is 5.75 Å². The van der Waals surface area contributed by atoms with E-state index in [1.807, 2.05) is 7.05 Å². The average molecular weight is 396 g/mol. The summed E-state index contributed by atoms with van der Waals surface area (Å²) in [5.41, 5.74) is 6.72. The number of piperidine rings is 1. The van der Waals surface area contributed by atoms with Crippen molar-refractivity contribution >= 4 is 0 Å². The van der Waals surface area contributed by atoms with Gasteiger partial charge in [-0.15, -0.1) is 0 Å². The summed E-state index contributed by atoms with van der Waals surface area (Å²) in [5, 5.41) is 0. The van der Waals surface area contributed by atoms with Crippen LogP contribution in [0.2, 0.25) is 0 Å². The molecule has 7 heteroatoms. The van der Waals surface area contributed by atoms with Crippen molar-refractivity contribution in [3.63, 3.8) is 0 Å². The summed E-state index contributed by atoms with van der Waals surface area (Å²) in [6.07, 6.45) is -2.00. The fraction of sp³-hybridized carbons (Fsp3) is 0.429. The van der Waals surface area contributed by atoms with E-state index >= 15 is 0 Å². The molecule has 0 amide bonds. The van der Waals surface area contributed by atoms with E-state index in [1.54, 1.807) is 6.07 Å². The summed E-state index contributed by atoms with van der Waals surface area (Å²) >= 11 is 0. The zero-order chi connectivity index (χ0) is 20.3. The number of nitrogens with two attached hydrogens (primary N) is 1. The molecule has 0 spiro atoms. The molecule has 1 saturated heterocycles. The molecule has 2 aromatic carbocycles. The van der Waals surface area contributed by atoms with Gasteiger partial charge in [-0.2, -0.15) is 13.2 Å². The van der Waals surface area contributed by atoms with Crippen LogP contribution in [0.4, 0.5) is 17.6 Å². The Hall–Kier alpha value is -2.12. The van der Waals surface area contributed by atoms with Crippen molar-refractivity contribution in [2.75, 3.05) is 13.6 Å². The molecule has 2 atom stereocenters. The number of hydrogen-bond acceptors (Lipinski definition) is 3. The zero-order valence-corrected chi connectivity index (χ0v) is 15.7. The van der Waals surface area contributed by atoms with Crippen LogP contribution in [0.3, 0.4) is 0 Å². The lowest BCUT2D eigenvalue weighted by atomic mass is 9.93. The van der Waals surface area contributed by atoms with Gasteiger partial charge >= 0.3 is 6.18 Å². The molecule has 3 nitrogen and oxygen atoms in total. The first-order valence-electron chi connectivity index (χ1n) is 9.25. The molecule has 0 saturated carbocycles. The highest BCUT2D eigenvalue weighted by Crippen LogP contribution is 2.30. The summed E-state index contributed by atoms with van der Waals surface area (Å²) in [7, 11) is 2.03. The fourth-order valence-electron chi connectivity index (χ4n) is 3.49. The number of halogens is 4. The third-order valence-corrected chi connectivity index (χ3v) is 5.20. The van der Waals surface area contributed by atoms with Gasteiger partial charge in [-0.05, 0) is 74.3 Å². The molecule has 1 aliphatic rings. The van der Waals surface area contributed by atoms with Gasteiger partial charge in [0.1, 0.15) is 18.2 Å². The summed E-state index contributed by atoms with van der Waals surface area (Å²) in [6.45, 7) is 1.000. The molecule has 3 rings (SSSR count). The van der Waals surface area contributed by atoms with Gasteiger partial charge in [0.05, 0.1) is 5.56 Å². The predicted octanol–water partition coefficient (Wildman–Crippen LogP) is 4.39. The van der Waals surface area contributed by atoms with Crippen LogP contribution in [-0.4, -0.2) is 30.6 Å². The number of alkyl halides is 3. The maximum Gasteiger partial charge on any atom is 0.416 e. The molecule has 1 fully saturated rings. The second-order valence-corrected chi connectivity index (χ2v) is 7.36. The SMILES string of the molecule is CN1CCC(N)CC1Cc1cc(F)ccc1OCc1ccc(C(F)(F)F)cc1. The maximum atomic E-state index is 13.8. The highest BCUT2D eigenvalue weighted by Gasteiger charge is 2.30. The van der Waals surface area contributed by atoms with Crippen molar-refractivity contribution < 1.29 is 22.3 Å². The number of hydrogen-bond donors (Lipinski definition) is 1. The molecule has 2 aromatic rings. The standard InChI is InChI=1S/C21H24F4N2O/c1-27-9-8-18(26)12-19(27)11-15-10-17(22)6-7-20(15)28-13-14-2-4-16(5-3-14)21(23,24)25/h2-7,10,18-19H,8-9,11-13,26H2,1H3. The average Bonchev–Trinajstić information content (AvgIpc) is 2.64. The Bertz CT molecular complexity index is 792. The molecule has 0 aliphatic carbocycles. The summed E-state index contributed by atoms with van der Waals surface area (Å²) in [5.74, 6) is 0.188. The highest BCUT2D eigenvalue weighted by atomic mass is 19.4. The Morgan fingerprint density at radius 3 is 2.54 bits per heavy atom. The Labute approximate surface area is 162 Å². The first kappa shape index (κ1) is 20.6. The monoisotopic (exact) mass is 396 g/mol. The fourth-order valence-corrected chi connectivity index (χ4v) is 3.49. The topological polar surface area (TPSA) is 38.5 Å². The Morgan fingerprint density at radius 2 is 1.86 bits per heavy atom. The minimum Gasteiger partial charge on any atom is -0.489 e. The van der Waals surface area contributed by atoms with E-state index in [0.717, 1.165) is 37.1 Å². The predicted molar refractivity (Wildman–Crippen MR) is 99.5 cm³/mol. The van der Waals surface area contributed by atoms with Crippen LogP contribution in [0.15, 0.2) is 42.5 Å². The summed E-state index contributed by atoms with van der Waals surface area (Å²) in [4.78, 5) is 2.22. The van der Waals surface area contributed by atoms with Crippen LogP contribution >= 0.6 is 0 Å². The van der Waals surface area contributed by atoms with Gasteiger partial charge < -0.3 is 15.4 Å². The third kappa shape index (κ3) is 5.23. The minimum absolute atomic E-state index is 0.108. The van der Waals surface area contributed by atoms with Crippen molar-refractivity contribution in [1.29, 1.82) is 0 Å². The molecule has 0 bridgehead atoms. The summed E-state index contributed by atoms with van der Waals surface area (Å²) in [6, 6.07) is 9.51. The zero-order valence-electron chi connectivity index (χ0n) is 15.7. The van der Waals surface area contributed by atoms with E-state index < -0.39 is 11.7 Å². The van der Waals surface area contributed by atoms with Gasteiger partial charge in [0.25, 0.3) is 0 Å². The molecule has 28 heavy (non-hydrogen) atoms. The van der Waals surface area contributed by atoms with Gasteiger partial charge in [0.2, 0.25) is 0 Å². The lowest BCUT2D eigenvalue weighted by Gasteiger charge is -2.36.